The third-order valence-corrected chi connectivity index (χ3v) is 4.16. The zero-order chi connectivity index (χ0) is 14.7. The summed E-state index contributed by atoms with van der Waals surface area (Å²) in [7, 11) is 0. The second kappa shape index (κ2) is 6.20. The molecule has 2 aromatic heterocycles. The number of pyridine rings is 1. The SMILES string of the molecule is O=C(NCCc1nccs1)c1cc2ccccc2c(Cl)n1. The molecule has 0 unspecified atom stereocenters. The zero-order valence-corrected chi connectivity index (χ0v) is 12.6. The van der Waals surface area contributed by atoms with Crippen LogP contribution in [-0.2, 0) is 6.42 Å². The van der Waals surface area contributed by atoms with Crippen molar-refractivity contribution in [3.8, 4) is 0 Å². The summed E-state index contributed by atoms with van der Waals surface area (Å²) in [5.74, 6) is -0.223. The lowest BCUT2D eigenvalue weighted by molar-refractivity contribution is 0.0949. The van der Waals surface area contributed by atoms with Crippen molar-refractivity contribution >= 4 is 39.6 Å². The number of hydrogen-bond donors (Lipinski definition) is 1. The molecule has 2 heterocycles. The summed E-state index contributed by atoms with van der Waals surface area (Å²) in [6.45, 7) is 0.526. The molecule has 1 amide bonds. The molecule has 3 aromatic rings. The van der Waals surface area contributed by atoms with Crippen LogP contribution < -0.4 is 5.32 Å². The van der Waals surface area contributed by atoms with Gasteiger partial charge in [-0.2, -0.15) is 0 Å². The van der Waals surface area contributed by atoms with Crippen molar-refractivity contribution in [2.75, 3.05) is 6.54 Å². The first-order valence-electron chi connectivity index (χ1n) is 6.46. The Labute approximate surface area is 130 Å². The standard InChI is InChI=1S/C15H12ClN3OS/c16-14-11-4-2-1-3-10(11)9-12(19-14)15(20)18-6-5-13-17-7-8-21-13/h1-4,7-9H,5-6H2,(H,18,20). The van der Waals surface area contributed by atoms with Crippen LogP contribution in [0.15, 0.2) is 41.9 Å². The van der Waals surface area contributed by atoms with Crippen molar-refractivity contribution in [2.45, 2.75) is 6.42 Å². The summed E-state index contributed by atoms with van der Waals surface area (Å²) in [5.41, 5.74) is 0.331. The highest BCUT2D eigenvalue weighted by Gasteiger charge is 2.10. The number of carbonyl (C=O) groups is 1. The second-order valence-electron chi connectivity index (χ2n) is 4.45. The Morgan fingerprint density at radius 2 is 2.19 bits per heavy atom. The van der Waals surface area contributed by atoms with E-state index in [0.29, 0.717) is 23.8 Å². The van der Waals surface area contributed by atoms with Gasteiger partial charge in [0, 0.05) is 29.9 Å². The maximum absolute atomic E-state index is 12.1. The topological polar surface area (TPSA) is 54.9 Å². The zero-order valence-electron chi connectivity index (χ0n) is 11.0. The summed E-state index contributed by atoms with van der Waals surface area (Å²) < 4.78 is 0. The first-order chi connectivity index (χ1) is 10.2. The van der Waals surface area contributed by atoms with Crippen LogP contribution in [0.5, 0.6) is 0 Å². The summed E-state index contributed by atoms with van der Waals surface area (Å²) in [5, 5.41) is 7.85. The largest absolute Gasteiger partial charge is 0.350 e. The molecule has 0 aliphatic rings. The highest BCUT2D eigenvalue weighted by Crippen LogP contribution is 2.22. The number of carbonyl (C=O) groups excluding carboxylic acids is 1. The molecule has 1 aromatic carbocycles. The van der Waals surface area contributed by atoms with Crippen LogP contribution in [0.4, 0.5) is 0 Å². The Bertz CT molecular complexity index is 774. The van der Waals surface area contributed by atoms with E-state index in [1.807, 2.05) is 29.6 Å². The van der Waals surface area contributed by atoms with Crippen molar-refractivity contribution in [2.24, 2.45) is 0 Å². The van der Waals surface area contributed by atoms with Gasteiger partial charge >= 0.3 is 0 Å². The number of halogens is 1. The van der Waals surface area contributed by atoms with E-state index in [-0.39, 0.29) is 5.91 Å². The molecule has 0 aliphatic heterocycles. The fourth-order valence-electron chi connectivity index (χ4n) is 2.02. The van der Waals surface area contributed by atoms with Gasteiger partial charge in [-0.15, -0.1) is 11.3 Å². The number of fused-ring (bicyclic) bond motifs is 1. The van der Waals surface area contributed by atoms with Crippen molar-refractivity contribution in [1.29, 1.82) is 0 Å². The fourth-order valence-corrected chi connectivity index (χ4v) is 2.91. The third-order valence-electron chi connectivity index (χ3n) is 3.03. The molecule has 21 heavy (non-hydrogen) atoms. The maximum atomic E-state index is 12.1. The first-order valence-corrected chi connectivity index (χ1v) is 7.71. The highest BCUT2D eigenvalue weighted by molar-refractivity contribution is 7.09. The second-order valence-corrected chi connectivity index (χ2v) is 5.79. The van der Waals surface area contributed by atoms with Gasteiger partial charge < -0.3 is 5.32 Å². The molecular formula is C15H12ClN3OS. The Kier molecular flexibility index (Phi) is 4.13. The van der Waals surface area contributed by atoms with Gasteiger partial charge in [-0.05, 0) is 11.5 Å². The average Bonchev–Trinajstić information content (AvgIpc) is 3.00. The Hall–Kier alpha value is -1.98. The Morgan fingerprint density at radius 1 is 1.33 bits per heavy atom. The molecule has 0 aliphatic carbocycles. The summed E-state index contributed by atoms with van der Waals surface area (Å²) in [6, 6.07) is 9.34. The van der Waals surface area contributed by atoms with E-state index in [9.17, 15) is 4.79 Å². The lowest BCUT2D eigenvalue weighted by Crippen LogP contribution is -2.26. The molecule has 0 saturated heterocycles. The van der Waals surface area contributed by atoms with Gasteiger partial charge in [0.15, 0.2) is 0 Å². The Balaban J connectivity index is 1.72. The number of aromatic nitrogens is 2. The van der Waals surface area contributed by atoms with E-state index in [4.69, 9.17) is 11.6 Å². The summed E-state index contributed by atoms with van der Waals surface area (Å²) in [6.07, 6.45) is 2.47. The molecular weight excluding hydrogens is 306 g/mol. The molecule has 0 saturated carbocycles. The van der Waals surface area contributed by atoms with Gasteiger partial charge in [0.25, 0.3) is 5.91 Å². The number of nitrogens with zero attached hydrogens (tertiary/aromatic N) is 2. The predicted molar refractivity (Wildman–Crippen MR) is 84.9 cm³/mol. The van der Waals surface area contributed by atoms with E-state index in [1.165, 1.54) is 0 Å². The van der Waals surface area contributed by atoms with Gasteiger partial charge in [0.2, 0.25) is 0 Å². The Morgan fingerprint density at radius 3 is 3.00 bits per heavy atom. The van der Waals surface area contributed by atoms with E-state index < -0.39 is 0 Å². The maximum Gasteiger partial charge on any atom is 0.269 e. The third kappa shape index (κ3) is 3.20. The molecule has 0 fully saturated rings. The van der Waals surface area contributed by atoms with E-state index in [1.54, 1.807) is 23.6 Å². The van der Waals surface area contributed by atoms with Gasteiger partial charge in [-0.25, -0.2) is 9.97 Å². The van der Waals surface area contributed by atoms with Crippen LogP contribution in [0, 0.1) is 0 Å². The first kappa shape index (κ1) is 14.0. The quantitative estimate of drug-likeness (QED) is 0.751. The van der Waals surface area contributed by atoms with Gasteiger partial charge in [-0.3, -0.25) is 4.79 Å². The van der Waals surface area contributed by atoms with E-state index in [0.717, 1.165) is 15.8 Å². The molecule has 6 heteroatoms. The number of hydrogen-bond acceptors (Lipinski definition) is 4. The molecule has 0 atom stereocenters. The normalized spacial score (nSPS) is 10.7. The molecule has 106 valence electrons. The number of thiazole rings is 1. The van der Waals surface area contributed by atoms with Crippen molar-refractivity contribution < 1.29 is 4.79 Å². The average molecular weight is 318 g/mol. The highest BCUT2D eigenvalue weighted by atomic mass is 35.5. The van der Waals surface area contributed by atoms with Crippen LogP contribution in [0.25, 0.3) is 10.8 Å². The van der Waals surface area contributed by atoms with Crippen molar-refractivity contribution in [1.82, 2.24) is 15.3 Å². The molecule has 0 radical (unpaired) electrons. The molecule has 3 rings (SSSR count). The van der Waals surface area contributed by atoms with Gasteiger partial charge in [0.1, 0.15) is 10.8 Å². The number of rotatable bonds is 4. The minimum absolute atomic E-state index is 0.223. The lowest BCUT2D eigenvalue weighted by Gasteiger charge is -2.06. The van der Waals surface area contributed by atoms with Crippen LogP contribution in [0.1, 0.15) is 15.5 Å². The van der Waals surface area contributed by atoms with Crippen LogP contribution in [0.2, 0.25) is 5.15 Å². The predicted octanol–water partition coefficient (Wildman–Crippen LogP) is 3.32. The van der Waals surface area contributed by atoms with Crippen LogP contribution in [-0.4, -0.2) is 22.4 Å². The van der Waals surface area contributed by atoms with Crippen LogP contribution in [0.3, 0.4) is 0 Å². The van der Waals surface area contributed by atoms with E-state index in [2.05, 4.69) is 15.3 Å². The minimum atomic E-state index is -0.223. The van der Waals surface area contributed by atoms with E-state index >= 15 is 0 Å². The van der Waals surface area contributed by atoms with Gasteiger partial charge in [0.05, 0.1) is 5.01 Å². The molecule has 0 bridgehead atoms. The smallest absolute Gasteiger partial charge is 0.269 e. The number of benzene rings is 1. The summed E-state index contributed by atoms with van der Waals surface area (Å²) >= 11 is 7.70. The number of nitrogens with one attached hydrogen (secondary N) is 1. The molecule has 0 spiro atoms. The van der Waals surface area contributed by atoms with Crippen molar-refractivity contribution in [3.63, 3.8) is 0 Å². The van der Waals surface area contributed by atoms with Crippen LogP contribution >= 0.6 is 22.9 Å². The van der Waals surface area contributed by atoms with Crippen molar-refractivity contribution in [3.05, 3.63) is 57.8 Å². The molecule has 4 nitrogen and oxygen atoms in total. The minimum Gasteiger partial charge on any atom is -0.350 e. The monoisotopic (exact) mass is 317 g/mol. The summed E-state index contributed by atoms with van der Waals surface area (Å²) in [4.78, 5) is 20.4. The lowest BCUT2D eigenvalue weighted by atomic mass is 10.1. The van der Waals surface area contributed by atoms with Gasteiger partial charge in [-0.1, -0.05) is 35.9 Å². The molecule has 1 N–H and O–H groups in total. The fraction of sp³-hybridized carbons (Fsp3) is 0.133. The number of amides is 1.